The molecule has 0 atom stereocenters. The van der Waals surface area contributed by atoms with E-state index in [-0.39, 0.29) is 5.56 Å². The maximum atomic E-state index is 12.2. The lowest BCUT2D eigenvalue weighted by Gasteiger charge is -2.32. The van der Waals surface area contributed by atoms with Crippen molar-refractivity contribution in [2.24, 2.45) is 13.0 Å². The maximum Gasteiger partial charge on any atom is 0.266 e. The molecule has 0 bridgehead atoms. The molecule has 3 aromatic rings. The zero-order valence-electron chi connectivity index (χ0n) is 15.7. The fourth-order valence-electron chi connectivity index (χ4n) is 4.17. The minimum Gasteiger partial charge on any atom is -0.342 e. The molecule has 1 saturated heterocycles. The molecule has 6 nitrogen and oxygen atoms in total. The van der Waals surface area contributed by atoms with E-state index in [1.807, 2.05) is 12.1 Å². The van der Waals surface area contributed by atoms with Crippen LogP contribution in [0.5, 0.6) is 0 Å². The van der Waals surface area contributed by atoms with E-state index < -0.39 is 0 Å². The van der Waals surface area contributed by atoms with Gasteiger partial charge in [0.1, 0.15) is 0 Å². The highest BCUT2D eigenvalue weighted by Crippen LogP contribution is 2.38. The van der Waals surface area contributed by atoms with Crippen molar-refractivity contribution in [1.82, 2.24) is 19.3 Å². The summed E-state index contributed by atoms with van der Waals surface area (Å²) in [7, 11) is 2.09. The Kier molecular flexibility index (Phi) is 3.99. The third-order valence-corrected chi connectivity index (χ3v) is 5.97. The van der Waals surface area contributed by atoms with Gasteiger partial charge in [0.15, 0.2) is 0 Å². The molecule has 1 aromatic carbocycles. The van der Waals surface area contributed by atoms with Gasteiger partial charge in [-0.05, 0) is 49.8 Å². The molecular weight excluding hydrogens is 338 g/mol. The van der Waals surface area contributed by atoms with E-state index >= 15 is 0 Å². The van der Waals surface area contributed by atoms with Crippen LogP contribution in [0.3, 0.4) is 0 Å². The predicted molar refractivity (Wildman–Crippen MR) is 106 cm³/mol. The van der Waals surface area contributed by atoms with E-state index in [0.717, 1.165) is 49.6 Å². The molecule has 2 fully saturated rings. The first-order valence-corrected chi connectivity index (χ1v) is 9.93. The van der Waals surface area contributed by atoms with Crippen molar-refractivity contribution in [3.05, 3.63) is 52.4 Å². The fourth-order valence-corrected chi connectivity index (χ4v) is 4.17. The van der Waals surface area contributed by atoms with Gasteiger partial charge < -0.3 is 9.47 Å². The molecule has 5 rings (SSSR count). The summed E-state index contributed by atoms with van der Waals surface area (Å²) in [5, 5.41) is 4.62. The number of hydrogen-bond acceptors (Lipinski definition) is 4. The van der Waals surface area contributed by atoms with Crippen molar-refractivity contribution in [1.29, 1.82) is 0 Å². The molecule has 0 unspecified atom stereocenters. The van der Waals surface area contributed by atoms with Crippen LogP contribution < -0.4 is 10.5 Å². The first-order chi connectivity index (χ1) is 13.2. The summed E-state index contributed by atoms with van der Waals surface area (Å²) in [6.45, 7) is 2.67. The van der Waals surface area contributed by atoms with Gasteiger partial charge in [-0.15, -0.1) is 0 Å². The van der Waals surface area contributed by atoms with E-state index in [0.29, 0.717) is 11.8 Å². The summed E-state index contributed by atoms with van der Waals surface area (Å²) < 4.78 is 3.88. The normalized spacial score (nSPS) is 18.3. The number of para-hydroxylation sites is 2. The van der Waals surface area contributed by atoms with Gasteiger partial charge >= 0.3 is 0 Å². The van der Waals surface area contributed by atoms with Crippen molar-refractivity contribution in [2.75, 3.05) is 18.0 Å². The Bertz CT molecular complexity index is 1020. The van der Waals surface area contributed by atoms with Crippen molar-refractivity contribution in [3.63, 3.8) is 0 Å². The van der Waals surface area contributed by atoms with Crippen molar-refractivity contribution >= 4 is 17.0 Å². The Morgan fingerprint density at radius 1 is 1.04 bits per heavy atom. The second-order valence-electron chi connectivity index (χ2n) is 7.94. The lowest BCUT2D eigenvalue weighted by Crippen LogP contribution is -2.38. The molecule has 0 amide bonds. The van der Waals surface area contributed by atoms with Gasteiger partial charge in [-0.3, -0.25) is 4.79 Å². The first-order valence-electron chi connectivity index (χ1n) is 9.93. The van der Waals surface area contributed by atoms with Crippen molar-refractivity contribution in [3.8, 4) is 0 Å². The van der Waals surface area contributed by atoms with Gasteiger partial charge in [0.2, 0.25) is 5.95 Å². The lowest BCUT2D eigenvalue weighted by atomic mass is 9.97. The average Bonchev–Trinajstić information content (AvgIpc) is 3.49. The summed E-state index contributed by atoms with van der Waals surface area (Å²) in [6, 6.07) is 11.9. The van der Waals surface area contributed by atoms with Crippen LogP contribution in [0.1, 0.15) is 37.3 Å². The zero-order valence-corrected chi connectivity index (χ0v) is 15.7. The highest BCUT2D eigenvalue weighted by Gasteiger charge is 2.27. The quantitative estimate of drug-likeness (QED) is 0.715. The minimum absolute atomic E-state index is 0.0252. The summed E-state index contributed by atoms with van der Waals surface area (Å²) in [4.78, 5) is 19.4. The molecule has 2 aliphatic rings. The van der Waals surface area contributed by atoms with Gasteiger partial charge in [0, 0.05) is 38.7 Å². The second-order valence-corrected chi connectivity index (χ2v) is 7.94. The van der Waals surface area contributed by atoms with Crippen molar-refractivity contribution < 1.29 is 0 Å². The van der Waals surface area contributed by atoms with E-state index in [1.165, 1.54) is 18.4 Å². The van der Waals surface area contributed by atoms with E-state index in [1.54, 1.807) is 10.7 Å². The van der Waals surface area contributed by atoms with Crippen LogP contribution in [0.15, 0.2) is 41.2 Å². The number of fused-ring (bicyclic) bond motifs is 1. The monoisotopic (exact) mass is 363 g/mol. The fraction of sp³-hybridized carbons (Fsp3) is 0.476. The first kappa shape index (κ1) is 16.5. The van der Waals surface area contributed by atoms with Crippen LogP contribution in [-0.2, 0) is 13.6 Å². The molecule has 6 heteroatoms. The molecule has 140 valence electrons. The van der Waals surface area contributed by atoms with Gasteiger partial charge in [-0.1, -0.05) is 12.1 Å². The molecule has 0 spiro atoms. The largest absolute Gasteiger partial charge is 0.342 e. The Hall–Kier alpha value is -2.63. The third kappa shape index (κ3) is 3.13. The molecule has 1 aliphatic heterocycles. The van der Waals surface area contributed by atoms with Crippen LogP contribution in [-0.4, -0.2) is 32.4 Å². The Labute approximate surface area is 158 Å². The number of aromatic nitrogens is 4. The second kappa shape index (κ2) is 6.51. The van der Waals surface area contributed by atoms with E-state index in [9.17, 15) is 4.79 Å². The Morgan fingerprint density at radius 3 is 2.56 bits per heavy atom. The van der Waals surface area contributed by atoms with Crippen LogP contribution in [0.25, 0.3) is 11.0 Å². The van der Waals surface area contributed by atoms with Crippen molar-refractivity contribution in [2.45, 2.75) is 38.1 Å². The number of rotatable bonds is 4. The average molecular weight is 363 g/mol. The molecule has 3 heterocycles. The SMILES string of the molecule is Cn1c(N2CCC(Cn3nc(C4CC4)ccc3=O)CC2)nc2ccccc21. The Morgan fingerprint density at radius 2 is 1.81 bits per heavy atom. The lowest BCUT2D eigenvalue weighted by molar-refractivity contribution is 0.331. The van der Waals surface area contributed by atoms with Gasteiger partial charge in [0.25, 0.3) is 5.56 Å². The number of hydrogen-bond donors (Lipinski definition) is 0. The van der Waals surface area contributed by atoms with E-state index in [2.05, 4.69) is 39.8 Å². The number of imidazole rings is 1. The maximum absolute atomic E-state index is 12.2. The summed E-state index contributed by atoms with van der Waals surface area (Å²) in [6.07, 6.45) is 4.54. The molecule has 0 N–H and O–H groups in total. The van der Waals surface area contributed by atoms with Crippen LogP contribution in [0, 0.1) is 5.92 Å². The molecular formula is C21H25N5O. The number of piperidine rings is 1. The van der Waals surface area contributed by atoms with E-state index in [4.69, 9.17) is 4.98 Å². The van der Waals surface area contributed by atoms with Gasteiger partial charge in [-0.2, -0.15) is 5.10 Å². The molecule has 1 aliphatic carbocycles. The number of benzene rings is 1. The Balaban J connectivity index is 1.28. The summed E-state index contributed by atoms with van der Waals surface area (Å²) >= 11 is 0. The molecule has 2 aromatic heterocycles. The molecule has 0 radical (unpaired) electrons. The number of nitrogens with zero attached hydrogens (tertiary/aromatic N) is 5. The minimum atomic E-state index is 0.0252. The smallest absolute Gasteiger partial charge is 0.266 e. The summed E-state index contributed by atoms with van der Waals surface area (Å²) in [5.74, 6) is 2.12. The molecule has 1 saturated carbocycles. The highest BCUT2D eigenvalue weighted by atomic mass is 16.1. The summed E-state index contributed by atoms with van der Waals surface area (Å²) in [5.41, 5.74) is 3.33. The van der Waals surface area contributed by atoms with Crippen LogP contribution in [0.2, 0.25) is 0 Å². The van der Waals surface area contributed by atoms with Gasteiger partial charge in [0.05, 0.1) is 16.7 Å². The number of anilines is 1. The molecule has 27 heavy (non-hydrogen) atoms. The number of aryl methyl sites for hydroxylation is 1. The standard InChI is InChI=1S/C21H25N5O/c1-24-19-5-3-2-4-18(19)22-21(24)25-12-10-15(11-13-25)14-26-20(27)9-8-17(23-26)16-6-7-16/h2-5,8-9,15-16H,6-7,10-14H2,1H3. The third-order valence-electron chi connectivity index (χ3n) is 5.97. The topological polar surface area (TPSA) is 56.0 Å². The van der Waals surface area contributed by atoms with Crippen LogP contribution in [0.4, 0.5) is 5.95 Å². The van der Waals surface area contributed by atoms with Crippen LogP contribution >= 0.6 is 0 Å². The highest BCUT2D eigenvalue weighted by molar-refractivity contribution is 5.78. The van der Waals surface area contributed by atoms with Gasteiger partial charge in [-0.25, -0.2) is 9.67 Å². The predicted octanol–water partition coefficient (Wildman–Crippen LogP) is 2.92. The zero-order chi connectivity index (χ0) is 18.4.